The van der Waals surface area contributed by atoms with Crippen LogP contribution in [0.4, 0.5) is 15.8 Å². The number of aryl methyl sites for hydroxylation is 1. The van der Waals surface area contributed by atoms with Crippen molar-refractivity contribution in [3.8, 4) is 0 Å². The van der Waals surface area contributed by atoms with Crippen LogP contribution in [0, 0.1) is 12.7 Å². The van der Waals surface area contributed by atoms with Gasteiger partial charge in [0.25, 0.3) is 5.91 Å². The number of halogens is 2. The summed E-state index contributed by atoms with van der Waals surface area (Å²) in [5, 5.41) is 6.17. The minimum atomic E-state index is -0.391. The number of carbonyl (C=O) groups is 2. The minimum Gasteiger partial charge on any atom is -0.325 e. The van der Waals surface area contributed by atoms with Gasteiger partial charge >= 0.3 is 0 Å². The van der Waals surface area contributed by atoms with Crippen LogP contribution in [0.5, 0.6) is 0 Å². The third-order valence-electron chi connectivity index (χ3n) is 4.04. The molecule has 2 N–H and O–H groups in total. The highest BCUT2D eigenvalue weighted by Crippen LogP contribution is 2.23. The maximum absolute atomic E-state index is 12.9. The van der Waals surface area contributed by atoms with Crippen molar-refractivity contribution in [1.29, 1.82) is 0 Å². The molecule has 0 radical (unpaired) electrons. The summed E-state index contributed by atoms with van der Waals surface area (Å²) in [5.41, 5.74) is 2.59. The maximum atomic E-state index is 12.9. The summed E-state index contributed by atoms with van der Waals surface area (Å²) in [4.78, 5) is 25.1. The van der Waals surface area contributed by atoms with Gasteiger partial charge in [0.05, 0.1) is 5.75 Å². The second-order valence-electron chi connectivity index (χ2n) is 6.29. The lowest BCUT2D eigenvalue weighted by Gasteiger charge is -2.08. The van der Waals surface area contributed by atoms with E-state index < -0.39 is 5.82 Å². The lowest BCUT2D eigenvalue weighted by Crippen LogP contribution is -2.14. The molecule has 0 aliphatic heterocycles. The number of benzene rings is 3. The molecular formula is C22H18ClFN2O2S. The molecule has 4 nitrogen and oxygen atoms in total. The van der Waals surface area contributed by atoms with E-state index in [9.17, 15) is 14.0 Å². The van der Waals surface area contributed by atoms with Crippen molar-refractivity contribution in [2.24, 2.45) is 0 Å². The fourth-order valence-electron chi connectivity index (χ4n) is 2.46. The van der Waals surface area contributed by atoms with Crippen LogP contribution < -0.4 is 10.6 Å². The predicted octanol–water partition coefficient (Wildman–Crippen LogP) is 5.77. The molecule has 0 spiro atoms. The Morgan fingerprint density at radius 3 is 2.24 bits per heavy atom. The molecule has 0 aliphatic carbocycles. The van der Waals surface area contributed by atoms with Crippen molar-refractivity contribution in [2.45, 2.75) is 11.8 Å². The van der Waals surface area contributed by atoms with Gasteiger partial charge < -0.3 is 10.6 Å². The Kier molecular flexibility index (Phi) is 6.90. The summed E-state index contributed by atoms with van der Waals surface area (Å²) in [7, 11) is 0. The van der Waals surface area contributed by atoms with Crippen LogP contribution in [-0.2, 0) is 4.79 Å². The van der Waals surface area contributed by atoms with E-state index in [0.29, 0.717) is 22.0 Å². The molecule has 0 heterocycles. The van der Waals surface area contributed by atoms with Gasteiger partial charge in [0.15, 0.2) is 0 Å². The van der Waals surface area contributed by atoms with Crippen LogP contribution in [0.15, 0.2) is 71.6 Å². The first kappa shape index (κ1) is 20.9. The molecule has 0 aliphatic rings. The molecule has 7 heteroatoms. The number of nitrogens with one attached hydrogen (secondary N) is 2. The third-order valence-corrected chi connectivity index (χ3v) is 5.46. The van der Waals surface area contributed by atoms with E-state index in [4.69, 9.17) is 11.6 Å². The van der Waals surface area contributed by atoms with Crippen LogP contribution in [0.3, 0.4) is 0 Å². The van der Waals surface area contributed by atoms with Crippen molar-refractivity contribution in [3.63, 3.8) is 0 Å². The van der Waals surface area contributed by atoms with Gasteiger partial charge in [-0.25, -0.2) is 4.39 Å². The summed E-state index contributed by atoms with van der Waals surface area (Å²) >= 11 is 7.45. The highest BCUT2D eigenvalue weighted by atomic mass is 35.5. The Morgan fingerprint density at radius 1 is 0.931 bits per heavy atom. The summed E-state index contributed by atoms with van der Waals surface area (Å²) in [5.74, 6) is -0.602. The quantitative estimate of drug-likeness (QED) is 0.490. The van der Waals surface area contributed by atoms with E-state index in [1.165, 1.54) is 36.0 Å². The summed E-state index contributed by atoms with van der Waals surface area (Å²) in [6, 6.07) is 17.9. The molecule has 0 bridgehead atoms. The summed E-state index contributed by atoms with van der Waals surface area (Å²) in [6.45, 7) is 1.90. The van der Waals surface area contributed by atoms with Gasteiger partial charge in [0.2, 0.25) is 5.91 Å². The fourth-order valence-corrected chi connectivity index (χ4v) is 3.33. The van der Waals surface area contributed by atoms with E-state index in [2.05, 4.69) is 10.6 Å². The van der Waals surface area contributed by atoms with Crippen molar-refractivity contribution >= 4 is 46.6 Å². The average Bonchev–Trinajstić information content (AvgIpc) is 2.71. The van der Waals surface area contributed by atoms with Gasteiger partial charge in [-0.05, 0) is 73.2 Å². The second kappa shape index (κ2) is 9.58. The van der Waals surface area contributed by atoms with Gasteiger partial charge in [-0.1, -0.05) is 17.7 Å². The SMILES string of the molecule is Cc1ccc(NC(=O)CSc2ccc(NC(=O)c3ccc(F)cc3)cc2)cc1Cl. The molecule has 148 valence electrons. The average molecular weight is 429 g/mol. The molecule has 0 unspecified atom stereocenters. The minimum absolute atomic E-state index is 0.136. The Morgan fingerprint density at radius 2 is 1.59 bits per heavy atom. The number of amides is 2. The smallest absolute Gasteiger partial charge is 0.255 e. The van der Waals surface area contributed by atoms with Crippen LogP contribution >= 0.6 is 23.4 Å². The normalized spacial score (nSPS) is 10.4. The summed E-state index contributed by atoms with van der Waals surface area (Å²) < 4.78 is 12.9. The van der Waals surface area contributed by atoms with Gasteiger partial charge in [0.1, 0.15) is 5.82 Å². The van der Waals surface area contributed by atoms with Crippen LogP contribution in [-0.4, -0.2) is 17.6 Å². The third kappa shape index (κ3) is 6.07. The summed E-state index contributed by atoms with van der Waals surface area (Å²) in [6.07, 6.45) is 0. The first-order valence-corrected chi connectivity index (χ1v) is 10.1. The number of anilines is 2. The predicted molar refractivity (Wildman–Crippen MR) is 116 cm³/mol. The standard InChI is InChI=1S/C22H18ClFN2O2S/c1-14-2-7-18(12-20(14)23)25-21(27)13-29-19-10-8-17(9-11-19)26-22(28)15-3-5-16(24)6-4-15/h2-12H,13H2,1H3,(H,25,27)(H,26,28). The Labute approximate surface area is 177 Å². The van der Waals surface area contributed by atoms with Gasteiger partial charge in [-0.15, -0.1) is 11.8 Å². The zero-order valence-electron chi connectivity index (χ0n) is 15.5. The lowest BCUT2D eigenvalue weighted by atomic mass is 10.2. The Hall–Kier alpha value is -2.83. The van der Waals surface area contributed by atoms with E-state index >= 15 is 0 Å². The van der Waals surface area contributed by atoms with Crippen molar-refractivity contribution in [1.82, 2.24) is 0 Å². The molecule has 0 saturated heterocycles. The van der Waals surface area contributed by atoms with Crippen molar-refractivity contribution in [2.75, 3.05) is 16.4 Å². The monoisotopic (exact) mass is 428 g/mol. The van der Waals surface area contributed by atoms with Gasteiger partial charge in [-0.2, -0.15) is 0 Å². The molecule has 0 fully saturated rings. The Bertz CT molecular complexity index is 1020. The molecule has 3 aromatic carbocycles. The first-order valence-electron chi connectivity index (χ1n) is 8.76. The number of rotatable bonds is 6. The van der Waals surface area contributed by atoms with Gasteiger partial charge in [0, 0.05) is 26.9 Å². The van der Waals surface area contributed by atoms with Crippen LogP contribution in [0.2, 0.25) is 5.02 Å². The first-order chi connectivity index (χ1) is 13.9. The highest BCUT2D eigenvalue weighted by Gasteiger charge is 2.08. The van der Waals surface area contributed by atoms with E-state index in [1.807, 2.05) is 31.2 Å². The van der Waals surface area contributed by atoms with E-state index in [1.54, 1.807) is 18.2 Å². The number of thioether (sulfide) groups is 1. The second-order valence-corrected chi connectivity index (χ2v) is 7.74. The van der Waals surface area contributed by atoms with Gasteiger partial charge in [-0.3, -0.25) is 9.59 Å². The largest absolute Gasteiger partial charge is 0.325 e. The molecule has 2 amide bonds. The van der Waals surface area contributed by atoms with Crippen molar-refractivity contribution < 1.29 is 14.0 Å². The molecule has 3 rings (SSSR count). The number of hydrogen-bond acceptors (Lipinski definition) is 3. The maximum Gasteiger partial charge on any atom is 0.255 e. The number of carbonyl (C=O) groups excluding carboxylic acids is 2. The molecule has 3 aromatic rings. The highest BCUT2D eigenvalue weighted by molar-refractivity contribution is 8.00. The van der Waals surface area contributed by atoms with E-state index in [-0.39, 0.29) is 17.6 Å². The lowest BCUT2D eigenvalue weighted by molar-refractivity contribution is -0.113. The zero-order chi connectivity index (χ0) is 20.8. The zero-order valence-corrected chi connectivity index (χ0v) is 17.1. The molecular weight excluding hydrogens is 411 g/mol. The van der Waals surface area contributed by atoms with Crippen LogP contribution in [0.1, 0.15) is 15.9 Å². The fraction of sp³-hybridized carbons (Fsp3) is 0.0909. The van der Waals surface area contributed by atoms with E-state index in [0.717, 1.165) is 10.5 Å². The Balaban J connectivity index is 1.50. The molecule has 0 atom stereocenters. The topological polar surface area (TPSA) is 58.2 Å². The molecule has 29 heavy (non-hydrogen) atoms. The molecule has 0 saturated carbocycles. The molecule has 0 aromatic heterocycles. The van der Waals surface area contributed by atoms with Crippen LogP contribution in [0.25, 0.3) is 0 Å². The van der Waals surface area contributed by atoms with Crippen molar-refractivity contribution in [3.05, 3.63) is 88.7 Å². The number of hydrogen-bond donors (Lipinski definition) is 2.